The molecule has 0 bridgehead atoms. The molecule has 0 saturated carbocycles. The van der Waals surface area contributed by atoms with E-state index in [0.717, 1.165) is 12.4 Å². The van der Waals surface area contributed by atoms with Crippen LogP contribution >= 0.6 is 0 Å². The van der Waals surface area contributed by atoms with Crippen molar-refractivity contribution in [3.63, 3.8) is 0 Å². The first-order valence-electron chi connectivity index (χ1n) is 8.79. The molecule has 8 nitrogen and oxygen atoms in total. The van der Waals surface area contributed by atoms with Gasteiger partial charge in [-0.15, -0.1) is 0 Å². The summed E-state index contributed by atoms with van der Waals surface area (Å²) in [6, 6.07) is 0.113. The summed E-state index contributed by atoms with van der Waals surface area (Å²) in [7, 11) is 0. The van der Waals surface area contributed by atoms with Crippen molar-refractivity contribution >= 4 is 17.8 Å². The van der Waals surface area contributed by atoms with Crippen molar-refractivity contribution in [2.24, 2.45) is 0 Å². The lowest BCUT2D eigenvalue weighted by Crippen LogP contribution is -2.54. The Morgan fingerprint density at radius 3 is 2.29 bits per heavy atom. The molecule has 0 spiro atoms. The molecule has 0 aromatic carbocycles. The highest BCUT2D eigenvalue weighted by Gasteiger charge is 2.34. The maximum absolute atomic E-state index is 12.8. The van der Waals surface area contributed by atoms with Gasteiger partial charge in [-0.25, -0.2) is 14.8 Å². The molecule has 1 saturated heterocycles. The third-order valence-corrected chi connectivity index (χ3v) is 3.96. The fourth-order valence-electron chi connectivity index (χ4n) is 2.65. The van der Waals surface area contributed by atoms with Gasteiger partial charge in [0.05, 0.1) is 0 Å². The zero-order chi connectivity index (χ0) is 21.1. The van der Waals surface area contributed by atoms with Crippen LogP contribution < -0.4 is 10.2 Å². The van der Waals surface area contributed by atoms with Crippen molar-refractivity contribution in [2.45, 2.75) is 45.5 Å². The summed E-state index contributed by atoms with van der Waals surface area (Å²) < 4.78 is 43.5. The molecule has 2 rings (SSSR count). The molecule has 0 aliphatic carbocycles. The molecule has 28 heavy (non-hydrogen) atoms. The maximum Gasteiger partial charge on any atom is 0.433 e. The second kappa shape index (κ2) is 8.19. The van der Waals surface area contributed by atoms with E-state index in [-0.39, 0.29) is 11.7 Å². The molecule has 1 aliphatic heterocycles. The van der Waals surface area contributed by atoms with E-state index >= 15 is 0 Å². The van der Waals surface area contributed by atoms with Crippen LogP contribution in [-0.4, -0.2) is 64.7 Å². The van der Waals surface area contributed by atoms with E-state index in [1.807, 2.05) is 0 Å². The summed E-state index contributed by atoms with van der Waals surface area (Å²) >= 11 is 0. The first-order valence-corrected chi connectivity index (χ1v) is 8.79. The SMILES string of the molecule is C[C@@H](NC(=O)OC(C)(C)C)C(=O)N1CCN(c2cc(C(F)(F)F)ncn2)CC1. The van der Waals surface area contributed by atoms with Gasteiger partial charge in [0.2, 0.25) is 5.91 Å². The van der Waals surface area contributed by atoms with Crippen molar-refractivity contribution in [1.29, 1.82) is 0 Å². The van der Waals surface area contributed by atoms with Gasteiger partial charge in [-0.1, -0.05) is 0 Å². The van der Waals surface area contributed by atoms with Gasteiger partial charge < -0.3 is 19.9 Å². The predicted molar refractivity (Wildman–Crippen MR) is 94.7 cm³/mol. The fourth-order valence-corrected chi connectivity index (χ4v) is 2.65. The van der Waals surface area contributed by atoms with Crippen molar-refractivity contribution in [3.8, 4) is 0 Å². The predicted octanol–water partition coefficient (Wildman–Crippen LogP) is 2.06. The van der Waals surface area contributed by atoms with Crippen LogP contribution in [0, 0.1) is 0 Å². The van der Waals surface area contributed by atoms with Crippen LogP contribution in [0.1, 0.15) is 33.4 Å². The number of carbonyl (C=O) groups is 2. The van der Waals surface area contributed by atoms with Crippen LogP contribution in [0.15, 0.2) is 12.4 Å². The molecule has 1 atom stereocenters. The van der Waals surface area contributed by atoms with Gasteiger partial charge in [0, 0.05) is 32.2 Å². The quantitative estimate of drug-likeness (QED) is 0.831. The summed E-state index contributed by atoms with van der Waals surface area (Å²) in [5.74, 6) is -0.126. The molecular weight excluding hydrogens is 379 g/mol. The number of nitrogens with zero attached hydrogens (tertiary/aromatic N) is 4. The second-order valence-electron chi connectivity index (χ2n) is 7.44. The highest BCUT2D eigenvalue weighted by atomic mass is 19.4. The number of carbonyl (C=O) groups excluding carboxylic acids is 2. The van der Waals surface area contributed by atoms with E-state index in [4.69, 9.17) is 4.74 Å². The fraction of sp³-hybridized carbons (Fsp3) is 0.647. The lowest BCUT2D eigenvalue weighted by Gasteiger charge is -2.36. The van der Waals surface area contributed by atoms with E-state index in [1.165, 1.54) is 0 Å². The van der Waals surface area contributed by atoms with Crippen LogP contribution in [0.5, 0.6) is 0 Å². The van der Waals surface area contributed by atoms with Gasteiger partial charge >= 0.3 is 12.3 Å². The molecule has 1 aliphatic rings. The van der Waals surface area contributed by atoms with Gasteiger partial charge in [-0.3, -0.25) is 4.79 Å². The number of halogens is 3. The smallest absolute Gasteiger partial charge is 0.433 e. The Morgan fingerprint density at radius 1 is 1.14 bits per heavy atom. The maximum atomic E-state index is 12.8. The van der Waals surface area contributed by atoms with E-state index < -0.39 is 29.6 Å². The van der Waals surface area contributed by atoms with Crippen molar-refractivity contribution < 1.29 is 27.5 Å². The molecule has 156 valence electrons. The number of aromatic nitrogens is 2. The Kier molecular flexibility index (Phi) is 6.35. The number of alkyl carbamates (subject to hydrolysis) is 1. The van der Waals surface area contributed by atoms with Gasteiger partial charge in [0.1, 0.15) is 29.5 Å². The average molecular weight is 403 g/mol. The molecule has 2 amide bonds. The number of alkyl halides is 3. The minimum Gasteiger partial charge on any atom is -0.444 e. The molecule has 1 N–H and O–H groups in total. The van der Waals surface area contributed by atoms with Crippen molar-refractivity contribution in [2.75, 3.05) is 31.1 Å². The zero-order valence-corrected chi connectivity index (χ0v) is 16.2. The molecule has 0 unspecified atom stereocenters. The highest BCUT2D eigenvalue weighted by Crippen LogP contribution is 2.29. The summed E-state index contributed by atoms with van der Waals surface area (Å²) in [5.41, 5.74) is -1.68. The third-order valence-electron chi connectivity index (χ3n) is 3.96. The number of hydrogen-bond donors (Lipinski definition) is 1. The number of amides is 2. The van der Waals surface area contributed by atoms with Gasteiger partial charge in [-0.05, 0) is 27.7 Å². The van der Waals surface area contributed by atoms with E-state index in [1.54, 1.807) is 37.5 Å². The molecule has 11 heteroatoms. The molecule has 2 heterocycles. The minimum atomic E-state index is -4.54. The third kappa shape index (κ3) is 5.96. The number of ether oxygens (including phenoxy) is 1. The highest BCUT2D eigenvalue weighted by molar-refractivity contribution is 5.85. The van der Waals surface area contributed by atoms with Gasteiger partial charge in [0.25, 0.3) is 0 Å². The number of nitrogens with one attached hydrogen (secondary N) is 1. The number of hydrogen-bond acceptors (Lipinski definition) is 6. The number of piperazine rings is 1. The topological polar surface area (TPSA) is 87.7 Å². The van der Waals surface area contributed by atoms with Crippen molar-refractivity contribution in [1.82, 2.24) is 20.2 Å². The van der Waals surface area contributed by atoms with Crippen molar-refractivity contribution in [3.05, 3.63) is 18.1 Å². The Bertz CT molecular complexity index is 713. The monoisotopic (exact) mass is 403 g/mol. The number of anilines is 1. The van der Waals surface area contributed by atoms with Gasteiger partial charge in [-0.2, -0.15) is 13.2 Å². The molecule has 1 fully saturated rings. The zero-order valence-electron chi connectivity index (χ0n) is 16.2. The molecule has 0 radical (unpaired) electrons. The Balaban J connectivity index is 1.91. The summed E-state index contributed by atoms with van der Waals surface area (Å²) in [6.45, 7) is 7.94. The summed E-state index contributed by atoms with van der Waals surface area (Å²) in [5, 5.41) is 2.49. The summed E-state index contributed by atoms with van der Waals surface area (Å²) in [4.78, 5) is 34.6. The molecule has 1 aromatic rings. The van der Waals surface area contributed by atoms with Crippen LogP contribution in [0.3, 0.4) is 0 Å². The first kappa shape index (κ1) is 21.7. The van der Waals surface area contributed by atoms with Crippen LogP contribution in [-0.2, 0) is 15.7 Å². The Labute approximate surface area is 161 Å². The lowest BCUT2D eigenvalue weighted by molar-refractivity contribution is -0.141. The lowest BCUT2D eigenvalue weighted by atomic mass is 10.2. The molecular formula is C17H24F3N5O3. The Morgan fingerprint density at radius 2 is 1.75 bits per heavy atom. The van der Waals surface area contributed by atoms with Crippen LogP contribution in [0.4, 0.5) is 23.8 Å². The van der Waals surface area contributed by atoms with E-state index in [2.05, 4.69) is 15.3 Å². The second-order valence-corrected chi connectivity index (χ2v) is 7.44. The molecule has 1 aromatic heterocycles. The van der Waals surface area contributed by atoms with Gasteiger partial charge in [0.15, 0.2) is 0 Å². The average Bonchev–Trinajstić information content (AvgIpc) is 2.59. The standard InChI is InChI=1S/C17H24F3N5O3/c1-11(23-15(27)28-16(2,3)4)14(26)25-7-5-24(6-8-25)13-9-12(17(18,19)20)21-10-22-13/h9-11H,5-8H2,1-4H3,(H,23,27)/t11-/m1/s1. The van der Waals surface area contributed by atoms with E-state index in [0.29, 0.717) is 26.2 Å². The number of rotatable bonds is 3. The summed E-state index contributed by atoms with van der Waals surface area (Å²) in [6.07, 6.45) is -4.35. The van der Waals surface area contributed by atoms with E-state index in [9.17, 15) is 22.8 Å². The first-order chi connectivity index (χ1) is 12.9. The van der Waals surface area contributed by atoms with Crippen LogP contribution in [0.2, 0.25) is 0 Å². The Hall–Kier alpha value is -2.59. The largest absolute Gasteiger partial charge is 0.444 e. The van der Waals surface area contributed by atoms with Crippen LogP contribution in [0.25, 0.3) is 0 Å². The normalized spacial score (nSPS) is 16.5. The minimum absolute atomic E-state index is 0.161.